The number of rotatable bonds is 8. The highest BCUT2D eigenvalue weighted by Crippen LogP contribution is 2.02. The normalized spacial score (nSPS) is 11.6. The minimum Gasteiger partial charge on any atom is -0.215 e. The first kappa shape index (κ1) is 14.5. The summed E-state index contributed by atoms with van der Waals surface area (Å²) in [6.07, 6.45) is 8.20. The van der Waals surface area contributed by atoms with Crippen LogP contribution in [0.3, 0.4) is 0 Å². The van der Waals surface area contributed by atoms with E-state index in [0.717, 1.165) is 12.8 Å². The monoisotopic (exact) mass is 231 g/mol. The lowest BCUT2D eigenvalue weighted by molar-refractivity contribution is 0.559. The number of hydrogen-bond acceptors (Lipinski definition) is 2. The third kappa shape index (κ3) is 9.77. The van der Waals surface area contributed by atoms with Gasteiger partial charge in [-0.1, -0.05) is 13.8 Å². The molecular weight excluding hydrogens is 210 g/mol. The van der Waals surface area contributed by atoms with E-state index >= 15 is 0 Å². The van der Waals surface area contributed by atoms with Gasteiger partial charge in [0.15, 0.2) is 0 Å². The Morgan fingerprint density at radius 3 is 2.53 bits per heavy atom. The van der Waals surface area contributed by atoms with E-state index in [1.807, 2.05) is 13.8 Å². The van der Waals surface area contributed by atoms with Gasteiger partial charge in [-0.3, -0.25) is 0 Å². The van der Waals surface area contributed by atoms with Crippen LogP contribution in [0.15, 0.2) is 0 Å². The highest BCUT2D eigenvalue weighted by molar-refractivity contribution is 7.89. The topological polar surface area (TPSA) is 46.2 Å². The number of terminal acetylenes is 1. The highest BCUT2D eigenvalue weighted by Gasteiger charge is 2.09. The summed E-state index contributed by atoms with van der Waals surface area (Å²) in [5, 5.41) is 0. The molecule has 0 atom stereocenters. The molecule has 0 aliphatic heterocycles. The van der Waals surface area contributed by atoms with Gasteiger partial charge in [0.1, 0.15) is 0 Å². The van der Waals surface area contributed by atoms with Crippen LogP contribution in [0, 0.1) is 18.3 Å². The van der Waals surface area contributed by atoms with Crippen molar-refractivity contribution in [1.82, 2.24) is 4.72 Å². The number of nitrogens with one attached hydrogen (secondary N) is 1. The Kier molecular flexibility index (Phi) is 7.45. The Balaban J connectivity index is 3.62. The van der Waals surface area contributed by atoms with Crippen LogP contribution in [-0.4, -0.2) is 20.7 Å². The number of sulfonamides is 1. The molecule has 4 heteroatoms. The molecule has 0 unspecified atom stereocenters. The van der Waals surface area contributed by atoms with Crippen molar-refractivity contribution in [3.8, 4) is 12.3 Å². The molecular formula is C11H21NO2S. The maximum atomic E-state index is 11.4. The van der Waals surface area contributed by atoms with Crippen LogP contribution in [-0.2, 0) is 10.0 Å². The van der Waals surface area contributed by atoms with Gasteiger partial charge < -0.3 is 0 Å². The van der Waals surface area contributed by atoms with E-state index in [2.05, 4.69) is 10.6 Å². The molecule has 0 bridgehead atoms. The summed E-state index contributed by atoms with van der Waals surface area (Å²) in [5.74, 6) is 3.17. The molecule has 0 rings (SSSR count). The molecule has 0 aliphatic carbocycles. The van der Waals surface area contributed by atoms with Crippen LogP contribution in [0.25, 0.3) is 0 Å². The predicted octanol–water partition coefficient (Wildman–Crippen LogP) is 1.76. The molecule has 0 saturated carbocycles. The van der Waals surface area contributed by atoms with Crippen LogP contribution in [0.1, 0.15) is 39.5 Å². The standard InChI is InChI=1S/C11H21NO2S/c1-4-5-6-7-9-12-15(13,14)10-8-11(2)3/h1,11-12H,5-10H2,2-3H3. The lowest BCUT2D eigenvalue weighted by atomic mass is 10.2. The average molecular weight is 231 g/mol. The van der Waals surface area contributed by atoms with E-state index < -0.39 is 10.0 Å². The SMILES string of the molecule is C#CCCCCNS(=O)(=O)CCC(C)C. The van der Waals surface area contributed by atoms with Crippen molar-refractivity contribution in [2.75, 3.05) is 12.3 Å². The first-order valence-electron chi connectivity index (χ1n) is 5.38. The van der Waals surface area contributed by atoms with Gasteiger partial charge in [-0.05, 0) is 25.2 Å². The third-order valence-electron chi connectivity index (χ3n) is 2.03. The zero-order chi connectivity index (χ0) is 11.7. The Labute approximate surface area is 93.7 Å². The van der Waals surface area contributed by atoms with Crippen molar-refractivity contribution in [3.05, 3.63) is 0 Å². The van der Waals surface area contributed by atoms with Gasteiger partial charge in [-0.25, -0.2) is 13.1 Å². The van der Waals surface area contributed by atoms with Gasteiger partial charge in [-0.15, -0.1) is 12.3 Å². The number of hydrogen-bond donors (Lipinski definition) is 1. The van der Waals surface area contributed by atoms with Gasteiger partial charge in [0.05, 0.1) is 5.75 Å². The minimum atomic E-state index is -3.07. The molecule has 0 aromatic heterocycles. The van der Waals surface area contributed by atoms with E-state index in [-0.39, 0.29) is 5.75 Å². The zero-order valence-corrected chi connectivity index (χ0v) is 10.4. The second-order valence-electron chi connectivity index (χ2n) is 4.06. The van der Waals surface area contributed by atoms with Crippen LogP contribution in [0.4, 0.5) is 0 Å². The zero-order valence-electron chi connectivity index (χ0n) is 9.62. The van der Waals surface area contributed by atoms with Gasteiger partial charge in [-0.2, -0.15) is 0 Å². The average Bonchev–Trinajstić information content (AvgIpc) is 2.15. The molecule has 0 fully saturated rings. The van der Waals surface area contributed by atoms with Crippen LogP contribution in [0.2, 0.25) is 0 Å². The largest absolute Gasteiger partial charge is 0.215 e. The summed E-state index contributed by atoms with van der Waals surface area (Å²) < 4.78 is 25.4. The molecule has 0 radical (unpaired) electrons. The lowest BCUT2D eigenvalue weighted by Crippen LogP contribution is -2.27. The molecule has 0 aliphatic rings. The molecule has 1 N–H and O–H groups in total. The summed E-state index contributed by atoms with van der Waals surface area (Å²) in [7, 11) is -3.07. The van der Waals surface area contributed by atoms with Crippen molar-refractivity contribution in [2.24, 2.45) is 5.92 Å². The van der Waals surface area contributed by atoms with Crippen molar-refractivity contribution < 1.29 is 8.42 Å². The molecule has 3 nitrogen and oxygen atoms in total. The second-order valence-corrected chi connectivity index (χ2v) is 5.98. The minimum absolute atomic E-state index is 0.222. The van der Waals surface area contributed by atoms with E-state index in [9.17, 15) is 8.42 Å². The van der Waals surface area contributed by atoms with Crippen LogP contribution >= 0.6 is 0 Å². The van der Waals surface area contributed by atoms with Crippen molar-refractivity contribution >= 4 is 10.0 Å². The van der Waals surface area contributed by atoms with Crippen molar-refractivity contribution in [3.63, 3.8) is 0 Å². The van der Waals surface area contributed by atoms with Gasteiger partial charge in [0.25, 0.3) is 0 Å². The van der Waals surface area contributed by atoms with E-state index in [1.165, 1.54) is 0 Å². The molecule has 88 valence electrons. The molecule has 0 spiro atoms. The maximum Gasteiger partial charge on any atom is 0.211 e. The summed E-state index contributed by atoms with van der Waals surface area (Å²) in [4.78, 5) is 0. The number of unbranched alkanes of at least 4 members (excludes halogenated alkanes) is 2. The predicted molar refractivity (Wildman–Crippen MR) is 63.9 cm³/mol. The Morgan fingerprint density at radius 1 is 1.33 bits per heavy atom. The first-order chi connectivity index (χ1) is 6.98. The molecule has 0 heterocycles. The fraction of sp³-hybridized carbons (Fsp3) is 0.818. The first-order valence-corrected chi connectivity index (χ1v) is 7.04. The summed E-state index contributed by atoms with van der Waals surface area (Å²) in [6.45, 7) is 4.53. The van der Waals surface area contributed by atoms with Gasteiger partial charge in [0.2, 0.25) is 10.0 Å². The van der Waals surface area contributed by atoms with Crippen molar-refractivity contribution in [2.45, 2.75) is 39.5 Å². The summed E-state index contributed by atoms with van der Waals surface area (Å²) in [5.41, 5.74) is 0. The second kappa shape index (κ2) is 7.72. The Morgan fingerprint density at radius 2 is 2.00 bits per heavy atom. The third-order valence-corrected chi connectivity index (χ3v) is 3.45. The molecule has 0 aromatic carbocycles. The Bertz CT molecular complexity index is 288. The summed E-state index contributed by atoms with van der Waals surface area (Å²) >= 11 is 0. The van der Waals surface area contributed by atoms with Crippen molar-refractivity contribution in [1.29, 1.82) is 0 Å². The van der Waals surface area contributed by atoms with E-state index in [0.29, 0.717) is 25.3 Å². The van der Waals surface area contributed by atoms with Gasteiger partial charge >= 0.3 is 0 Å². The van der Waals surface area contributed by atoms with E-state index in [1.54, 1.807) is 0 Å². The molecule has 0 amide bonds. The molecule has 0 aromatic rings. The fourth-order valence-electron chi connectivity index (χ4n) is 1.04. The van der Waals surface area contributed by atoms with Crippen LogP contribution in [0.5, 0.6) is 0 Å². The summed E-state index contributed by atoms with van der Waals surface area (Å²) in [6, 6.07) is 0. The fourth-order valence-corrected chi connectivity index (χ4v) is 2.42. The lowest BCUT2D eigenvalue weighted by Gasteiger charge is -2.07. The molecule has 0 saturated heterocycles. The van der Waals surface area contributed by atoms with Gasteiger partial charge in [0, 0.05) is 13.0 Å². The van der Waals surface area contributed by atoms with E-state index in [4.69, 9.17) is 6.42 Å². The smallest absolute Gasteiger partial charge is 0.211 e. The Hall–Kier alpha value is -0.530. The highest BCUT2D eigenvalue weighted by atomic mass is 32.2. The van der Waals surface area contributed by atoms with Crippen LogP contribution < -0.4 is 4.72 Å². The quantitative estimate of drug-likeness (QED) is 0.511. The maximum absolute atomic E-state index is 11.4. The molecule has 15 heavy (non-hydrogen) atoms.